The van der Waals surface area contributed by atoms with E-state index in [2.05, 4.69) is 34.0 Å². The Morgan fingerprint density at radius 2 is 2.04 bits per heavy atom. The summed E-state index contributed by atoms with van der Waals surface area (Å²) in [7, 11) is 0. The summed E-state index contributed by atoms with van der Waals surface area (Å²) in [5, 5.41) is 4.12. The van der Waals surface area contributed by atoms with Crippen molar-refractivity contribution < 1.29 is 4.79 Å². The van der Waals surface area contributed by atoms with Gasteiger partial charge in [-0.15, -0.1) is 0 Å². The van der Waals surface area contributed by atoms with Crippen molar-refractivity contribution in [2.24, 2.45) is 5.92 Å². The molecule has 2 aromatic rings. The molecule has 2 heterocycles. The van der Waals surface area contributed by atoms with E-state index in [1.165, 1.54) is 24.6 Å². The lowest BCUT2D eigenvalue weighted by Crippen LogP contribution is -2.25. The summed E-state index contributed by atoms with van der Waals surface area (Å²) in [5.74, 6) is 2.14. The number of halogens is 1. The third-order valence-electron chi connectivity index (χ3n) is 4.66. The molecule has 1 aliphatic heterocycles. The first kappa shape index (κ1) is 20.9. The molecule has 0 atom stereocenters. The molecule has 1 N–H and O–H groups in total. The van der Waals surface area contributed by atoms with Gasteiger partial charge in [0, 0.05) is 37.0 Å². The lowest BCUT2D eigenvalue weighted by molar-refractivity contribution is 0.0952. The molecule has 1 aliphatic rings. The van der Waals surface area contributed by atoms with Gasteiger partial charge in [0.05, 0.1) is 0 Å². The van der Waals surface area contributed by atoms with Crippen molar-refractivity contribution in [3.8, 4) is 0 Å². The lowest BCUT2D eigenvalue weighted by atomic mass is 10.1. The molecule has 0 aliphatic carbocycles. The fourth-order valence-corrected chi connectivity index (χ4v) is 4.11. The van der Waals surface area contributed by atoms with Crippen LogP contribution in [0.25, 0.3) is 0 Å². The summed E-state index contributed by atoms with van der Waals surface area (Å²) in [4.78, 5) is 23.6. The summed E-state index contributed by atoms with van der Waals surface area (Å²) >= 11 is 7.74. The summed E-state index contributed by atoms with van der Waals surface area (Å²) in [6, 6.07) is 9.55. The first-order valence-electron chi connectivity index (χ1n) is 9.81. The van der Waals surface area contributed by atoms with E-state index in [0.717, 1.165) is 30.9 Å². The van der Waals surface area contributed by atoms with Crippen LogP contribution in [-0.4, -0.2) is 35.5 Å². The Morgan fingerprint density at radius 3 is 2.79 bits per heavy atom. The number of rotatable bonds is 8. The monoisotopic (exact) mass is 418 g/mol. The van der Waals surface area contributed by atoms with Crippen LogP contribution in [0, 0.1) is 5.92 Å². The van der Waals surface area contributed by atoms with E-state index in [1.807, 2.05) is 30.3 Å². The van der Waals surface area contributed by atoms with Gasteiger partial charge in [-0.1, -0.05) is 49.3 Å². The Labute approximate surface area is 176 Å². The third kappa shape index (κ3) is 6.11. The molecular weight excluding hydrogens is 392 g/mol. The maximum absolute atomic E-state index is 12.3. The zero-order chi connectivity index (χ0) is 19.9. The Balaban J connectivity index is 1.61. The van der Waals surface area contributed by atoms with Crippen LogP contribution in [0.4, 0.5) is 5.82 Å². The SMILES string of the molecule is CC(C)CCNC(=O)c1cccc(CSc2nc(Cl)cc(N3CCCC3)n2)c1. The van der Waals surface area contributed by atoms with Crippen molar-refractivity contribution in [3.63, 3.8) is 0 Å². The van der Waals surface area contributed by atoms with Crippen LogP contribution in [0.1, 0.15) is 49.0 Å². The van der Waals surface area contributed by atoms with Crippen LogP contribution in [0.15, 0.2) is 35.5 Å². The van der Waals surface area contributed by atoms with Gasteiger partial charge in [0.25, 0.3) is 5.91 Å². The number of amides is 1. The van der Waals surface area contributed by atoms with Gasteiger partial charge in [0.1, 0.15) is 11.0 Å². The number of nitrogens with one attached hydrogen (secondary N) is 1. The molecule has 150 valence electrons. The zero-order valence-corrected chi connectivity index (χ0v) is 18.0. The maximum atomic E-state index is 12.3. The zero-order valence-electron chi connectivity index (χ0n) is 16.4. The Kier molecular flexibility index (Phi) is 7.57. The molecule has 1 saturated heterocycles. The van der Waals surface area contributed by atoms with Gasteiger partial charge < -0.3 is 10.2 Å². The van der Waals surface area contributed by atoms with Gasteiger partial charge >= 0.3 is 0 Å². The number of carbonyl (C=O) groups excluding carboxylic acids is 1. The van der Waals surface area contributed by atoms with E-state index in [0.29, 0.717) is 34.1 Å². The molecule has 5 nitrogen and oxygen atoms in total. The Bertz CT molecular complexity index is 809. The Hall–Kier alpha value is -1.79. The number of carbonyl (C=O) groups is 1. The summed E-state index contributed by atoms with van der Waals surface area (Å²) in [6.45, 7) is 7.04. The number of aromatic nitrogens is 2. The second kappa shape index (κ2) is 10.1. The van der Waals surface area contributed by atoms with E-state index in [1.54, 1.807) is 0 Å². The minimum absolute atomic E-state index is 0.0252. The minimum Gasteiger partial charge on any atom is -0.356 e. The van der Waals surface area contributed by atoms with Crippen LogP contribution in [0.3, 0.4) is 0 Å². The largest absolute Gasteiger partial charge is 0.356 e. The molecule has 28 heavy (non-hydrogen) atoms. The van der Waals surface area contributed by atoms with E-state index >= 15 is 0 Å². The average molecular weight is 419 g/mol. The first-order valence-corrected chi connectivity index (χ1v) is 11.2. The normalized spacial score (nSPS) is 13.9. The molecular formula is C21H27ClN4OS. The van der Waals surface area contributed by atoms with Crippen LogP contribution < -0.4 is 10.2 Å². The van der Waals surface area contributed by atoms with Crippen molar-refractivity contribution >= 4 is 35.1 Å². The van der Waals surface area contributed by atoms with Crippen molar-refractivity contribution in [2.75, 3.05) is 24.5 Å². The molecule has 3 rings (SSSR count). The number of thioether (sulfide) groups is 1. The van der Waals surface area contributed by atoms with Gasteiger partial charge in [0.15, 0.2) is 5.16 Å². The first-order chi connectivity index (χ1) is 13.5. The quantitative estimate of drug-likeness (QED) is 0.379. The molecule has 0 radical (unpaired) electrons. The molecule has 1 fully saturated rings. The predicted octanol–water partition coefficient (Wildman–Crippen LogP) is 4.80. The fourth-order valence-electron chi connectivity index (χ4n) is 3.08. The molecule has 0 bridgehead atoms. The average Bonchev–Trinajstić information content (AvgIpc) is 3.21. The van der Waals surface area contributed by atoms with Gasteiger partial charge in [-0.05, 0) is 42.9 Å². The van der Waals surface area contributed by atoms with Crippen molar-refractivity contribution in [1.82, 2.24) is 15.3 Å². The highest BCUT2D eigenvalue weighted by Gasteiger charge is 2.16. The van der Waals surface area contributed by atoms with Crippen LogP contribution >= 0.6 is 23.4 Å². The number of benzene rings is 1. The topological polar surface area (TPSA) is 58.1 Å². The molecule has 7 heteroatoms. The van der Waals surface area contributed by atoms with Gasteiger partial charge in [-0.3, -0.25) is 4.79 Å². The van der Waals surface area contributed by atoms with E-state index in [-0.39, 0.29) is 5.91 Å². The highest BCUT2D eigenvalue weighted by atomic mass is 35.5. The van der Waals surface area contributed by atoms with Crippen molar-refractivity contribution in [2.45, 2.75) is 44.0 Å². The molecule has 0 unspecified atom stereocenters. The highest BCUT2D eigenvalue weighted by molar-refractivity contribution is 7.98. The predicted molar refractivity (Wildman–Crippen MR) is 116 cm³/mol. The summed E-state index contributed by atoms with van der Waals surface area (Å²) < 4.78 is 0. The van der Waals surface area contributed by atoms with Crippen LogP contribution in [0.2, 0.25) is 5.15 Å². The smallest absolute Gasteiger partial charge is 0.251 e. The number of nitrogens with zero attached hydrogens (tertiary/aromatic N) is 3. The molecule has 0 saturated carbocycles. The van der Waals surface area contributed by atoms with Gasteiger partial charge in [-0.25, -0.2) is 9.97 Å². The van der Waals surface area contributed by atoms with Crippen molar-refractivity contribution in [3.05, 3.63) is 46.6 Å². The van der Waals surface area contributed by atoms with E-state index in [9.17, 15) is 4.79 Å². The van der Waals surface area contributed by atoms with E-state index in [4.69, 9.17) is 11.6 Å². The summed E-state index contributed by atoms with van der Waals surface area (Å²) in [5.41, 5.74) is 1.75. The molecule has 1 aromatic heterocycles. The summed E-state index contributed by atoms with van der Waals surface area (Å²) in [6.07, 6.45) is 3.36. The number of hydrogen-bond donors (Lipinski definition) is 1. The van der Waals surface area contributed by atoms with E-state index < -0.39 is 0 Å². The third-order valence-corrected chi connectivity index (χ3v) is 5.77. The second-order valence-corrected chi connectivity index (χ2v) is 8.78. The lowest BCUT2D eigenvalue weighted by Gasteiger charge is -2.16. The number of anilines is 1. The molecule has 1 amide bonds. The van der Waals surface area contributed by atoms with Crippen LogP contribution in [-0.2, 0) is 5.75 Å². The van der Waals surface area contributed by atoms with Gasteiger partial charge in [-0.2, -0.15) is 0 Å². The van der Waals surface area contributed by atoms with Crippen molar-refractivity contribution in [1.29, 1.82) is 0 Å². The Morgan fingerprint density at radius 1 is 1.25 bits per heavy atom. The minimum atomic E-state index is -0.0252. The molecule has 1 aromatic carbocycles. The molecule has 0 spiro atoms. The standard InChI is InChI=1S/C21H27ClN4OS/c1-15(2)8-9-23-20(27)17-7-5-6-16(12-17)14-28-21-24-18(22)13-19(25-21)26-10-3-4-11-26/h5-7,12-13,15H,3-4,8-11,14H2,1-2H3,(H,23,27). The maximum Gasteiger partial charge on any atom is 0.251 e. The van der Waals surface area contributed by atoms with Gasteiger partial charge in [0.2, 0.25) is 0 Å². The highest BCUT2D eigenvalue weighted by Crippen LogP contribution is 2.26. The fraction of sp³-hybridized carbons (Fsp3) is 0.476. The van der Waals surface area contributed by atoms with Crippen LogP contribution in [0.5, 0.6) is 0 Å². The number of hydrogen-bond acceptors (Lipinski definition) is 5. The second-order valence-electron chi connectivity index (χ2n) is 7.45.